The average molecular weight is 257 g/mol. The van der Waals surface area contributed by atoms with Crippen LogP contribution in [0.5, 0.6) is 0 Å². The lowest BCUT2D eigenvalue weighted by Crippen LogP contribution is -2.19. The lowest BCUT2D eigenvalue weighted by Gasteiger charge is -2.14. The van der Waals surface area contributed by atoms with Crippen LogP contribution in [0.15, 0.2) is 6.20 Å². The topological polar surface area (TPSA) is 34.9 Å². The maximum absolute atomic E-state index is 12.4. The predicted molar refractivity (Wildman–Crippen MR) is 70.5 cm³/mol. The van der Waals surface area contributed by atoms with Crippen molar-refractivity contribution in [3.63, 3.8) is 0 Å². The number of ketones is 1. The summed E-state index contributed by atoms with van der Waals surface area (Å²) in [4.78, 5) is 12.4. The molecule has 1 aromatic rings. The number of carbonyl (C=O) groups excluding carboxylic acids is 1. The van der Waals surface area contributed by atoms with Crippen LogP contribution in [0.1, 0.15) is 56.9 Å². The zero-order chi connectivity index (χ0) is 12.8. The molecule has 4 heteroatoms. The van der Waals surface area contributed by atoms with Crippen molar-refractivity contribution in [3.05, 3.63) is 16.9 Å². The van der Waals surface area contributed by atoms with Crippen molar-refractivity contribution in [2.45, 2.75) is 53.0 Å². The van der Waals surface area contributed by atoms with Crippen LogP contribution in [0.25, 0.3) is 0 Å². The van der Waals surface area contributed by atoms with Crippen LogP contribution in [0.3, 0.4) is 0 Å². The monoisotopic (exact) mass is 256 g/mol. The molecule has 0 atom stereocenters. The van der Waals surface area contributed by atoms with Gasteiger partial charge in [0.05, 0.1) is 11.2 Å². The van der Waals surface area contributed by atoms with E-state index in [-0.39, 0.29) is 11.7 Å². The first-order chi connectivity index (χ1) is 8.15. The highest BCUT2D eigenvalue weighted by Gasteiger charge is 2.24. The Bertz CT molecular complexity index is 367. The predicted octanol–water partition coefficient (Wildman–Crippen LogP) is 3.96. The highest BCUT2D eigenvalue weighted by molar-refractivity contribution is 6.33. The van der Waals surface area contributed by atoms with Crippen LogP contribution in [0.2, 0.25) is 5.02 Å². The highest BCUT2D eigenvalue weighted by Crippen LogP contribution is 2.24. The number of halogens is 1. The van der Waals surface area contributed by atoms with Crippen LogP contribution < -0.4 is 0 Å². The molecule has 0 amide bonds. The summed E-state index contributed by atoms with van der Waals surface area (Å²) in [5.41, 5.74) is 0.584. The molecular formula is C13H21ClN2O. The molecule has 0 aliphatic carbocycles. The van der Waals surface area contributed by atoms with Crippen LogP contribution in [-0.2, 0) is 6.54 Å². The molecule has 1 heterocycles. The number of hydrogen-bond acceptors (Lipinski definition) is 2. The Morgan fingerprint density at radius 2 is 1.94 bits per heavy atom. The number of hydrogen-bond donors (Lipinski definition) is 0. The first-order valence-corrected chi connectivity index (χ1v) is 6.78. The second-order valence-corrected chi connectivity index (χ2v) is 4.70. The van der Waals surface area contributed by atoms with Gasteiger partial charge in [0.25, 0.3) is 0 Å². The van der Waals surface area contributed by atoms with E-state index in [0.29, 0.717) is 17.3 Å². The van der Waals surface area contributed by atoms with Crippen molar-refractivity contribution in [1.82, 2.24) is 9.78 Å². The van der Waals surface area contributed by atoms with E-state index in [1.165, 1.54) is 0 Å². The van der Waals surface area contributed by atoms with Gasteiger partial charge in [-0.25, -0.2) is 0 Å². The quantitative estimate of drug-likeness (QED) is 0.693. The molecule has 0 saturated carbocycles. The van der Waals surface area contributed by atoms with Gasteiger partial charge < -0.3 is 0 Å². The molecule has 1 rings (SSSR count). The number of rotatable bonds is 7. The Morgan fingerprint density at radius 1 is 1.35 bits per heavy atom. The van der Waals surface area contributed by atoms with Crippen LogP contribution in [0.4, 0.5) is 0 Å². The van der Waals surface area contributed by atoms with Crippen molar-refractivity contribution >= 4 is 17.4 Å². The van der Waals surface area contributed by atoms with Gasteiger partial charge in [-0.05, 0) is 19.8 Å². The molecule has 0 unspecified atom stereocenters. The normalized spacial score (nSPS) is 11.1. The van der Waals surface area contributed by atoms with Gasteiger partial charge in [-0.1, -0.05) is 38.3 Å². The van der Waals surface area contributed by atoms with Gasteiger partial charge in [0.1, 0.15) is 5.69 Å². The van der Waals surface area contributed by atoms with E-state index in [1.807, 2.05) is 6.92 Å². The van der Waals surface area contributed by atoms with Crippen LogP contribution in [-0.4, -0.2) is 15.6 Å². The van der Waals surface area contributed by atoms with Gasteiger partial charge in [0.2, 0.25) is 0 Å². The molecular weight excluding hydrogens is 236 g/mol. The number of aryl methyl sites for hydroxylation is 1. The SMILES string of the molecule is CCCC(CCC)C(=O)c1c(Cl)cnn1CC. The molecule has 0 aliphatic heterocycles. The van der Waals surface area contributed by atoms with E-state index in [4.69, 9.17) is 11.6 Å². The first-order valence-electron chi connectivity index (χ1n) is 6.41. The largest absolute Gasteiger partial charge is 0.292 e. The fourth-order valence-electron chi connectivity index (χ4n) is 2.14. The fourth-order valence-corrected chi connectivity index (χ4v) is 2.38. The van der Waals surface area contributed by atoms with Gasteiger partial charge in [0, 0.05) is 12.5 Å². The molecule has 96 valence electrons. The Hall–Kier alpha value is -0.830. The zero-order valence-electron chi connectivity index (χ0n) is 10.9. The summed E-state index contributed by atoms with van der Waals surface area (Å²) in [6.45, 7) is 6.86. The molecule has 0 spiro atoms. The van der Waals surface area contributed by atoms with Gasteiger partial charge in [-0.2, -0.15) is 5.10 Å². The third-order valence-electron chi connectivity index (χ3n) is 2.97. The van der Waals surface area contributed by atoms with Crippen molar-refractivity contribution in [2.24, 2.45) is 5.92 Å². The third-order valence-corrected chi connectivity index (χ3v) is 3.25. The smallest absolute Gasteiger partial charge is 0.185 e. The summed E-state index contributed by atoms with van der Waals surface area (Å²) in [6, 6.07) is 0. The second-order valence-electron chi connectivity index (χ2n) is 4.30. The lowest BCUT2D eigenvalue weighted by molar-refractivity contribution is 0.0894. The van der Waals surface area contributed by atoms with E-state index >= 15 is 0 Å². The molecule has 0 saturated heterocycles. The Balaban J connectivity index is 2.95. The second kappa shape index (κ2) is 6.80. The zero-order valence-corrected chi connectivity index (χ0v) is 11.6. The molecule has 3 nitrogen and oxygen atoms in total. The minimum absolute atomic E-state index is 0.0875. The minimum atomic E-state index is 0.0875. The van der Waals surface area contributed by atoms with E-state index in [0.717, 1.165) is 25.7 Å². The number of aromatic nitrogens is 2. The number of Topliss-reactive ketones (excluding diaryl/α,β-unsaturated/α-hetero) is 1. The Labute approximate surface area is 108 Å². The third kappa shape index (κ3) is 3.32. The standard InChI is InChI=1S/C13H21ClN2O/c1-4-7-10(8-5-2)13(17)12-11(14)9-15-16(12)6-3/h9-10H,4-8H2,1-3H3. The number of nitrogens with zero attached hydrogens (tertiary/aromatic N) is 2. The molecule has 0 fully saturated rings. The minimum Gasteiger partial charge on any atom is -0.292 e. The van der Waals surface area contributed by atoms with Gasteiger partial charge >= 0.3 is 0 Å². The Morgan fingerprint density at radius 3 is 2.41 bits per heavy atom. The molecule has 0 N–H and O–H groups in total. The van der Waals surface area contributed by atoms with Gasteiger partial charge in [-0.3, -0.25) is 9.48 Å². The van der Waals surface area contributed by atoms with Crippen LogP contribution in [0, 0.1) is 5.92 Å². The highest BCUT2D eigenvalue weighted by atomic mass is 35.5. The van der Waals surface area contributed by atoms with Crippen molar-refractivity contribution in [3.8, 4) is 0 Å². The van der Waals surface area contributed by atoms with Crippen molar-refractivity contribution in [1.29, 1.82) is 0 Å². The average Bonchev–Trinajstić information content (AvgIpc) is 2.69. The van der Waals surface area contributed by atoms with Crippen LogP contribution >= 0.6 is 11.6 Å². The fraction of sp³-hybridized carbons (Fsp3) is 0.692. The molecule has 0 radical (unpaired) electrons. The van der Waals surface area contributed by atoms with E-state index in [9.17, 15) is 4.79 Å². The summed E-state index contributed by atoms with van der Waals surface area (Å²) in [5, 5.41) is 4.60. The summed E-state index contributed by atoms with van der Waals surface area (Å²) < 4.78 is 1.70. The molecule has 17 heavy (non-hydrogen) atoms. The van der Waals surface area contributed by atoms with Crippen molar-refractivity contribution in [2.75, 3.05) is 0 Å². The van der Waals surface area contributed by atoms with E-state index in [1.54, 1.807) is 10.9 Å². The van der Waals surface area contributed by atoms with E-state index < -0.39 is 0 Å². The molecule has 0 bridgehead atoms. The van der Waals surface area contributed by atoms with Gasteiger partial charge in [-0.15, -0.1) is 0 Å². The van der Waals surface area contributed by atoms with Crippen molar-refractivity contribution < 1.29 is 4.79 Å². The molecule has 1 aromatic heterocycles. The summed E-state index contributed by atoms with van der Waals surface area (Å²) in [7, 11) is 0. The lowest BCUT2D eigenvalue weighted by atomic mass is 9.92. The van der Waals surface area contributed by atoms with E-state index in [2.05, 4.69) is 18.9 Å². The number of carbonyl (C=O) groups is 1. The molecule has 0 aromatic carbocycles. The summed E-state index contributed by atoms with van der Waals surface area (Å²) in [5.74, 6) is 0.238. The Kier molecular flexibility index (Phi) is 5.69. The maximum atomic E-state index is 12.4. The maximum Gasteiger partial charge on any atom is 0.185 e. The molecule has 0 aliphatic rings. The van der Waals surface area contributed by atoms with Gasteiger partial charge in [0.15, 0.2) is 5.78 Å². The summed E-state index contributed by atoms with van der Waals surface area (Å²) in [6.07, 6.45) is 5.46. The summed E-state index contributed by atoms with van der Waals surface area (Å²) >= 11 is 6.06. The first kappa shape index (κ1) is 14.2.